The number of hydrogen-bond acceptors (Lipinski definition) is 6. The summed E-state index contributed by atoms with van der Waals surface area (Å²) in [5.41, 5.74) is 0.780. The van der Waals surface area contributed by atoms with E-state index in [1.54, 1.807) is 23.8 Å². The number of carbonyl (C=O) groups excluding carboxylic acids is 2. The quantitative estimate of drug-likeness (QED) is 0.586. The third-order valence-electron chi connectivity index (χ3n) is 3.47. The lowest BCUT2D eigenvalue weighted by atomic mass is 10.2. The van der Waals surface area contributed by atoms with Gasteiger partial charge in [-0.2, -0.15) is 0 Å². The van der Waals surface area contributed by atoms with Gasteiger partial charge in [0.25, 0.3) is 5.91 Å². The lowest BCUT2D eigenvalue weighted by molar-refractivity contribution is -0.121. The minimum Gasteiger partial charge on any atom is -0.467 e. The number of aryl methyl sites for hydroxylation is 1. The molecule has 3 N–H and O–H groups in total. The molecule has 26 heavy (non-hydrogen) atoms. The standard InChI is InChI=1S/C17H16N4O4S/c22-14-5-3-11(8-18-14)16(24)21-17-20-12(10-26-17)4-6-15(23)19-9-13-2-1-7-25-13/h1-3,5,7-8,10H,4,6,9H2,(H,18,22)(H,19,23)(H,20,21,24). The fraction of sp³-hybridized carbons (Fsp3) is 0.176. The number of carbonyl (C=O) groups is 2. The van der Waals surface area contributed by atoms with E-state index in [1.807, 2.05) is 0 Å². The Labute approximate surface area is 152 Å². The Kier molecular flexibility index (Phi) is 5.59. The highest BCUT2D eigenvalue weighted by Gasteiger charge is 2.10. The van der Waals surface area contributed by atoms with Gasteiger partial charge in [-0.25, -0.2) is 4.98 Å². The van der Waals surface area contributed by atoms with E-state index < -0.39 is 0 Å². The predicted octanol–water partition coefficient (Wildman–Crippen LogP) is 1.93. The van der Waals surface area contributed by atoms with E-state index in [9.17, 15) is 14.4 Å². The highest BCUT2D eigenvalue weighted by atomic mass is 32.1. The van der Waals surface area contributed by atoms with Crippen LogP contribution in [0.2, 0.25) is 0 Å². The van der Waals surface area contributed by atoms with E-state index in [0.29, 0.717) is 29.4 Å². The molecule has 0 spiro atoms. The van der Waals surface area contributed by atoms with E-state index in [1.165, 1.54) is 29.7 Å². The van der Waals surface area contributed by atoms with Gasteiger partial charge < -0.3 is 14.7 Å². The summed E-state index contributed by atoms with van der Waals surface area (Å²) >= 11 is 1.28. The number of thiazole rings is 1. The van der Waals surface area contributed by atoms with Crippen LogP contribution in [-0.2, 0) is 17.8 Å². The summed E-state index contributed by atoms with van der Waals surface area (Å²) in [4.78, 5) is 41.6. The normalized spacial score (nSPS) is 10.5. The minimum absolute atomic E-state index is 0.103. The Bertz CT molecular complexity index is 925. The summed E-state index contributed by atoms with van der Waals surface area (Å²) in [6.07, 6.45) is 3.65. The number of anilines is 1. The second-order valence-corrected chi connectivity index (χ2v) is 6.25. The minimum atomic E-state index is -0.363. The smallest absolute Gasteiger partial charge is 0.258 e. The zero-order chi connectivity index (χ0) is 18.4. The molecule has 0 saturated heterocycles. The van der Waals surface area contributed by atoms with Gasteiger partial charge in [0, 0.05) is 24.1 Å². The van der Waals surface area contributed by atoms with Crippen LogP contribution < -0.4 is 16.2 Å². The molecule has 8 nitrogen and oxygen atoms in total. The molecule has 3 heterocycles. The average molecular weight is 372 g/mol. The van der Waals surface area contributed by atoms with E-state index in [0.717, 1.165) is 5.69 Å². The van der Waals surface area contributed by atoms with Crippen LogP contribution in [0.3, 0.4) is 0 Å². The first-order valence-corrected chi connectivity index (χ1v) is 8.72. The first kappa shape index (κ1) is 17.6. The topological polar surface area (TPSA) is 117 Å². The van der Waals surface area contributed by atoms with Crippen molar-refractivity contribution < 1.29 is 14.0 Å². The molecule has 0 aliphatic carbocycles. The molecular weight excluding hydrogens is 356 g/mol. The van der Waals surface area contributed by atoms with Crippen LogP contribution in [0.1, 0.15) is 28.2 Å². The number of nitrogens with zero attached hydrogens (tertiary/aromatic N) is 1. The number of pyridine rings is 1. The molecule has 0 radical (unpaired) electrons. The molecule has 0 bridgehead atoms. The van der Waals surface area contributed by atoms with Gasteiger partial charge >= 0.3 is 0 Å². The molecule has 2 amide bonds. The van der Waals surface area contributed by atoms with Crippen molar-refractivity contribution >= 4 is 28.3 Å². The third-order valence-corrected chi connectivity index (χ3v) is 4.27. The number of aromatic amines is 1. The molecule has 3 aromatic rings. The maximum Gasteiger partial charge on any atom is 0.258 e. The summed E-state index contributed by atoms with van der Waals surface area (Å²) < 4.78 is 5.14. The first-order chi connectivity index (χ1) is 12.6. The lowest BCUT2D eigenvalue weighted by Crippen LogP contribution is -2.22. The van der Waals surface area contributed by atoms with Gasteiger partial charge in [0.15, 0.2) is 5.13 Å². The van der Waals surface area contributed by atoms with Gasteiger partial charge in [0.1, 0.15) is 5.76 Å². The van der Waals surface area contributed by atoms with Crippen molar-refractivity contribution in [2.75, 3.05) is 5.32 Å². The Balaban J connectivity index is 1.46. The van der Waals surface area contributed by atoms with Gasteiger partial charge in [-0.05, 0) is 24.6 Å². The monoisotopic (exact) mass is 372 g/mol. The molecule has 0 aliphatic rings. The summed E-state index contributed by atoms with van der Waals surface area (Å²) in [5, 5.41) is 7.66. The zero-order valence-corrected chi connectivity index (χ0v) is 14.5. The number of rotatable bonds is 7. The zero-order valence-electron chi connectivity index (χ0n) is 13.7. The third kappa shape index (κ3) is 4.90. The van der Waals surface area contributed by atoms with Gasteiger partial charge in [-0.15, -0.1) is 11.3 Å². The predicted molar refractivity (Wildman–Crippen MR) is 96.0 cm³/mol. The summed E-state index contributed by atoms with van der Waals surface area (Å²) in [7, 11) is 0. The van der Waals surface area contributed by atoms with Crippen molar-refractivity contribution in [1.82, 2.24) is 15.3 Å². The Hall–Kier alpha value is -3.20. The Morgan fingerprint density at radius 1 is 1.27 bits per heavy atom. The molecule has 3 rings (SSSR count). The SMILES string of the molecule is O=C(CCc1csc(NC(=O)c2ccc(=O)[nH]c2)n1)NCc1ccco1. The van der Waals surface area contributed by atoms with Crippen molar-refractivity contribution in [3.63, 3.8) is 0 Å². The lowest BCUT2D eigenvalue weighted by Gasteiger charge is -2.02. The van der Waals surface area contributed by atoms with Crippen molar-refractivity contribution in [1.29, 1.82) is 0 Å². The summed E-state index contributed by atoms with van der Waals surface area (Å²) in [6, 6.07) is 6.27. The van der Waals surface area contributed by atoms with Gasteiger partial charge in [0.2, 0.25) is 11.5 Å². The molecule has 134 valence electrons. The molecule has 0 saturated carbocycles. The second kappa shape index (κ2) is 8.26. The van der Waals surface area contributed by atoms with E-state index >= 15 is 0 Å². The average Bonchev–Trinajstić information content (AvgIpc) is 3.30. The second-order valence-electron chi connectivity index (χ2n) is 5.40. The van der Waals surface area contributed by atoms with Crippen LogP contribution in [0.25, 0.3) is 0 Å². The molecular formula is C17H16N4O4S. The summed E-state index contributed by atoms with van der Waals surface area (Å²) in [6.45, 7) is 0.351. The van der Waals surface area contributed by atoms with Gasteiger partial charge in [0.05, 0.1) is 24.1 Å². The maximum atomic E-state index is 12.1. The highest BCUT2D eigenvalue weighted by molar-refractivity contribution is 7.14. The maximum absolute atomic E-state index is 12.1. The number of nitrogens with one attached hydrogen (secondary N) is 3. The van der Waals surface area contributed by atoms with Crippen LogP contribution in [0.5, 0.6) is 0 Å². The Morgan fingerprint density at radius 2 is 2.15 bits per heavy atom. The van der Waals surface area contributed by atoms with Crippen LogP contribution >= 0.6 is 11.3 Å². The fourth-order valence-electron chi connectivity index (χ4n) is 2.13. The Morgan fingerprint density at radius 3 is 2.88 bits per heavy atom. The molecule has 0 aliphatic heterocycles. The molecule has 0 unspecified atom stereocenters. The van der Waals surface area contributed by atoms with Crippen molar-refractivity contribution in [2.45, 2.75) is 19.4 Å². The molecule has 9 heteroatoms. The van der Waals surface area contributed by atoms with Crippen molar-refractivity contribution in [2.24, 2.45) is 0 Å². The largest absolute Gasteiger partial charge is 0.467 e. The van der Waals surface area contributed by atoms with Gasteiger partial charge in [-0.3, -0.25) is 19.7 Å². The van der Waals surface area contributed by atoms with Crippen LogP contribution in [0.4, 0.5) is 5.13 Å². The van der Waals surface area contributed by atoms with E-state index in [4.69, 9.17) is 4.42 Å². The van der Waals surface area contributed by atoms with Crippen molar-refractivity contribution in [3.8, 4) is 0 Å². The van der Waals surface area contributed by atoms with E-state index in [2.05, 4.69) is 20.6 Å². The number of amides is 2. The number of aromatic nitrogens is 2. The first-order valence-electron chi connectivity index (χ1n) is 7.84. The van der Waals surface area contributed by atoms with Gasteiger partial charge in [-0.1, -0.05) is 0 Å². The van der Waals surface area contributed by atoms with E-state index in [-0.39, 0.29) is 23.8 Å². The number of furan rings is 1. The fourth-order valence-corrected chi connectivity index (χ4v) is 2.87. The van der Waals surface area contributed by atoms with Crippen molar-refractivity contribution in [3.05, 3.63) is 69.5 Å². The van der Waals surface area contributed by atoms with Crippen LogP contribution in [0, 0.1) is 0 Å². The van der Waals surface area contributed by atoms with Crippen LogP contribution in [0.15, 0.2) is 51.3 Å². The molecule has 3 aromatic heterocycles. The number of H-pyrrole nitrogens is 1. The number of hydrogen-bond donors (Lipinski definition) is 3. The highest BCUT2D eigenvalue weighted by Crippen LogP contribution is 2.17. The molecule has 0 atom stereocenters. The molecule has 0 aromatic carbocycles. The molecule has 0 fully saturated rings. The summed E-state index contributed by atoms with van der Waals surface area (Å²) in [5.74, 6) is 0.228. The van der Waals surface area contributed by atoms with Crippen LogP contribution in [-0.4, -0.2) is 21.8 Å².